The van der Waals surface area contributed by atoms with E-state index in [-0.39, 0.29) is 11.5 Å². The molecule has 0 radical (unpaired) electrons. The highest BCUT2D eigenvalue weighted by Crippen LogP contribution is 2.16. The molecule has 2 aromatic heterocycles. The highest BCUT2D eigenvalue weighted by Gasteiger charge is 2.21. The lowest BCUT2D eigenvalue weighted by molar-refractivity contribution is -0.133. The minimum absolute atomic E-state index is 0.0836. The van der Waals surface area contributed by atoms with Gasteiger partial charge in [-0.15, -0.1) is 0 Å². The number of hydrogen-bond donors (Lipinski definition) is 1. The van der Waals surface area contributed by atoms with Crippen molar-refractivity contribution in [3.63, 3.8) is 0 Å². The molecule has 3 rings (SSSR count). The minimum Gasteiger partial charge on any atom is -0.337 e. The Morgan fingerprint density at radius 1 is 1.43 bits per heavy atom. The molecule has 0 unspecified atom stereocenters. The predicted octanol–water partition coefficient (Wildman–Crippen LogP) is 0.787. The molecule has 0 aromatic carbocycles. The van der Waals surface area contributed by atoms with Gasteiger partial charge in [-0.25, -0.2) is 0 Å². The van der Waals surface area contributed by atoms with Gasteiger partial charge in [0.15, 0.2) is 0 Å². The summed E-state index contributed by atoms with van der Waals surface area (Å²) in [6.45, 7) is 2.28. The number of rotatable bonds is 4. The molecule has 1 N–H and O–H groups in total. The Bertz CT molecular complexity index is 742. The number of H-pyrrole nitrogens is 1. The van der Waals surface area contributed by atoms with Crippen molar-refractivity contribution in [2.75, 3.05) is 20.1 Å². The van der Waals surface area contributed by atoms with Crippen LogP contribution < -0.4 is 5.56 Å². The van der Waals surface area contributed by atoms with E-state index < -0.39 is 0 Å². The zero-order valence-electron chi connectivity index (χ0n) is 13.2. The first-order chi connectivity index (χ1) is 11.1. The lowest BCUT2D eigenvalue weighted by atomic mass is 10.0. The van der Waals surface area contributed by atoms with Crippen LogP contribution in [0.25, 0.3) is 0 Å². The van der Waals surface area contributed by atoms with E-state index in [2.05, 4.69) is 9.97 Å². The number of nitrogens with zero attached hydrogens (tertiary/aromatic N) is 3. The number of aromatic amines is 1. The number of hydrogen-bond acceptors (Lipinski definition) is 4. The van der Waals surface area contributed by atoms with E-state index in [0.717, 1.165) is 23.1 Å². The Kier molecular flexibility index (Phi) is 4.52. The van der Waals surface area contributed by atoms with Crippen LogP contribution in [-0.2, 0) is 24.3 Å². The van der Waals surface area contributed by atoms with E-state index in [0.29, 0.717) is 26.2 Å². The summed E-state index contributed by atoms with van der Waals surface area (Å²) in [6, 6.07) is 5.53. The number of likely N-dealkylation sites (N-methyl/N-ethyl adjacent to an activating group) is 1. The second-order valence-corrected chi connectivity index (χ2v) is 5.95. The summed E-state index contributed by atoms with van der Waals surface area (Å²) in [5.74, 6) is 0.105. The number of amides is 1. The average Bonchev–Trinajstić information content (AvgIpc) is 2.55. The molecule has 6 nitrogen and oxygen atoms in total. The van der Waals surface area contributed by atoms with Gasteiger partial charge in [0.2, 0.25) is 11.5 Å². The molecule has 0 fully saturated rings. The summed E-state index contributed by atoms with van der Waals surface area (Å²) in [7, 11) is 1.93. The summed E-state index contributed by atoms with van der Waals surface area (Å²) in [5, 5.41) is 0. The molecule has 0 atom stereocenters. The zero-order chi connectivity index (χ0) is 16.2. The van der Waals surface area contributed by atoms with Gasteiger partial charge in [0, 0.05) is 44.3 Å². The van der Waals surface area contributed by atoms with Crippen LogP contribution in [0, 0.1) is 0 Å². The molecule has 1 aliphatic rings. The van der Waals surface area contributed by atoms with E-state index in [9.17, 15) is 9.59 Å². The standard InChI is InChI=1S/C17H20N4O2/c1-20(10-13-3-2-5-18-8-13)12-17(23)21-6-4-14-7-16(22)19-9-15(14)11-21/h2-3,5,7-9H,4,6,10-12H2,1H3,(H,19,22). The van der Waals surface area contributed by atoms with Crippen molar-refractivity contribution in [3.8, 4) is 0 Å². The van der Waals surface area contributed by atoms with Crippen LogP contribution in [0.2, 0.25) is 0 Å². The number of nitrogens with one attached hydrogen (secondary N) is 1. The monoisotopic (exact) mass is 312 g/mol. The van der Waals surface area contributed by atoms with Gasteiger partial charge in [0.05, 0.1) is 6.54 Å². The quantitative estimate of drug-likeness (QED) is 0.906. The molecule has 0 spiro atoms. The van der Waals surface area contributed by atoms with Gasteiger partial charge in [0.25, 0.3) is 0 Å². The molecule has 0 saturated carbocycles. The van der Waals surface area contributed by atoms with Crippen LogP contribution in [0.1, 0.15) is 16.7 Å². The summed E-state index contributed by atoms with van der Waals surface area (Å²) >= 11 is 0. The SMILES string of the molecule is CN(CC(=O)N1CCc2cc(=O)[nH]cc2C1)Cc1cccnc1. The van der Waals surface area contributed by atoms with E-state index in [1.165, 1.54) is 0 Å². The number of aromatic nitrogens is 2. The Morgan fingerprint density at radius 2 is 2.30 bits per heavy atom. The van der Waals surface area contributed by atoms with E-state index in [1.807, 2.05) is 35.2 Å². The van der Waals surface area contributed by atoms with Crippen molar-refractivity contribution in [2.24, 2.45) is 0 Å². The largest absolute Gasteiger partial charge is 0.337 e. The molecule has 6 heteroatoms. The predicted molar refractivity (Wildman–Crippen MR) is 86.8 cm³/mol. The molecule has 1 amide bonds. The van der Waals surface area contributed by atoms with Crippen molar-refractivity contribution < 1.29 is 4.79 Å². The Balaban J connectivity index is 1.58. The number of carbonyl (C=O) groups excluding carboxylic acids is 1. The second-order valence-electron chi connectivity index (χ2n) is 5.95. The highest BCUT2D eigenvalue weighted by atomic mass is 16.2. The fourth-order valence-electron chi connectivity index (χ4n) is 2.87. The zero-order valence-corrected chi connectivity index (χ0v) is 13.2. The van der Waals surface area contributed by atoms with Crippen LogP contribution in [0.15, 0.2) is 41.6 Å². The van der Waals surface area contributed by atoms with Gasteiger partial charge >= 0.3 is 0 Å². The Labute approximate surface area is 134 Å². The summed E-state index contributed by atoms with van der Waals surface area (Å²) in [4.78, 5) is 34.4. The van der Waals surface area contributed by atoms with Crippen LogP contribution in [0.4, 0.5) is 0 Å². The van der Waals surface area contributed by atoms with Gasteiger partial charge < -0.3 is 9.88 Å². The third kappa shape index (κ3) is 3.84. The number of fused-ring (bicyclic) bond motifs is 1. The average molecular weight is 312 g/mol. The minimum atomic E-state index is -0.0836. The first kappa shape index (κ1) is 15.4. The number of pyridine rings is 2. The van der Waals surface area contributed by atoms with Crippen LogP contribution in [0.5, 0.6) is 0 Å². The third-order valence-corrected chi connectivity index (χ3v) is 4.05. The lowest BCUT2D eigenvalue weighted by Gasteiger charge is -2.30. The summed E-state index contributed by atoms with van der Waals surface area (Å²) in [5.41, 5.74) is 3.07. The first-order valence-electron chi connectivity index (χ1n) is 7.67. The maximum absolute atomic E-state index is 12.5. The molecule has 0 bridgehead atoms. The third-order valence-electron chi connectivity index (χ3n) is 4.05. The van der Waals surface area contributed by atoms with E-state index >= 15 is 0 Å². The van der Waals surface area contributed by atoms with Crippen molar-refractivity contribution >= 4 is 5.91 Å². The fourth-order valence-corrected chi connectivity index (χ4v) is 2.87. The van der Waals surface area contributed by atoms with Crippen LogP contribution in [-0.4, -0.2) is 45.8 Å². The van der Waals surface area contributed by atoms with Crippen LogP contribution in [0.3, 0.4) is 0 Å². The molecular weight excluding hydrogens is 292 g/mol. The summed E-state index contributed by atoms with van der Waals surface area (Å²) < 4.78 is 0. The van der Waals surface area contributed by atoms with Crippen molar-refractivity contribution in [1.29, 1.82) is 0 Å². The lowest BCUT2D eigenvalue weighted by Crippen LogP contribution is -2.41. The van der Waals surface area contributed by atoms with E-state index in [4.69, 9.17) is 0 Å². The molecule has 1 aliphatic heterocycles. The molecule has 0 aliphatic carbocycles. The van der Waals surface area contributed by atoms with Gasteiger partial charge in [-0.3, -0.25) is 19.5 Å². The second kappa shape index (κ2) is 6.75. The maximum Gasteiger partial charge on any atom is 0.248 e. The molecule has 2 aromatic rings. The van der Waals surface area contributed by atoms with Crippen LogP contribution >= 0.6 is 0 Å². The molecular formula is C17H20N4O2. The molecule has 3 heterocycles. The van der Waals surface area contributed by atoms with Crippen molar-refractivity contribution in [2.45, 2.75) is 19.5 Å². The molecule has 120 valence electrons. The van der Waals surface area contributed by atoms with E-state index in [1.54, 1.807) is 18.5 Å². The van der Waals surface area contributed by atoms with Gasteiger partial charge in [-0.05, 0) is 36.2 Å². The fraction of sp³-hybridized carbons (Fsp3) is 0.353. The highest BCUT2D eigenvalue weighted by molar-refractivity contribution is 5.78. The number of carbonyl (C=O) groups is 1. The smallest absolute Gasteiger partial charge is 0.248 e. The summed E-state index contributed by atoms with van der Waals surface area (Å²) in [6.07, 6.45) is 6.01. The maximum atomic E-state index is 12.5. The van der Waals surface area contributed by atoms with Gasteiger partial charge in [-0.1, -0.05) is 6.07 Å². The Hall–Kier alpha value is -2.47. The van der Waals surface area contributed by atoms with Crippen molar-refractivity contribution in [1.82, 2.24) is 19.8 Å². The molecule has 0 saturated heterocycles. The first-order valence-corrected chi connectivity index (χ1v) is 7.67. The van der Waals surface area contributed by atoms with Crippen molar-refractivity contribution in [3.05, 3.63) is 63.8 Å². The topological polar surface area (TPSA) is 69.3 Å². The Morgan fingerprint density at radius 3 is 3.09 bits per heavy atom. The molecule has 23 heavy (non-hydrogen) atoms. The normalized spacial score (nSPS) is 13.9. The van der Waals surface area contributed by atoms with Gasteiger partial charge in [0.1, 0.15) is 0 Å². The van der Waals surface area contributed by atoms with Gasteiger partial charge in [-0.2, -0.15) is 0 Å².